The Hall–Kier alpha value is -2.77. The van der Waals surface area contributed by atoms with Crippen molar-refractivity contribution in [3.63, 3.8) is 0 Å². The van der Waals surface area contributed by atoms with E-state index in [0.29, 0.717) is 0 Å². The van der Waals surface area contributed by atoms with Crippen LogP contribution >= 0.6 is 0 Å². The molecule has 0 radical (unpaired) electrons. The Balaban J connectivity index is 1.94. The molecular formula is C19H27N3O5. The highest BCUT2D eigenvalue weighted by Crippen LogP contribution is 2.14. The standard InChI is InChI=1S/C19H27N3O5/c1-19(2,3)27-18(25)21-15-11-22(4)16(23)10-14(15)20-17(24)26-12-13-8-6-5-7-9-13/h5-9,14-15H,10-12H2,1-4H3,(H,20,24)(H,21,25)/t14-,15?/m0/s1. The molecule has 3 amide bonds. The number of piperidine rings is 1. The van der Waals surface area contributed by atoms with Gasteiger partial charge in [0.25, 0.3) is 0 Å². The lowest BCUT2D eigenvalue weighted by atomic mass is 9.99. The van der Waals surface area contributed by atoms with Gasteiger partial charge in [0.15, 0.2) is 0 Å². The Labute approximate surface area is 159 Å². The maximum Gasteiger partial charge on any atom is 0.408 e. The summed E-state index contributed by atoms with van der Waals surface area (Å²) in [4.78, 5) is 37.7. The summed E-state index contributed by atoms with van der Waals surface area (Å²) in [6, 6.07) is 8.22. The number of benzene rings is 1. The van der Waals surface area contributed by atoms with Gasteiger partial charge in [-0.2, -0.15) is 0 Å². The van der Waals surface area contributed by atoms with E-state index in [-0.39, 0.29) is 25.5 Å². The molecule has 1 aromatic rings. The molecule has 1 heterocycles. The second-order valence-corrected chi connectivity index (χ2v) is 7.54. The van der Waals surface area contributed by atoms with Crippen molar-refractivity contribution in [1.29, 1.82) is 0 Å². The number of amides is 3. The molecular weight excluding hydrogens is 350 g/mol. The van der Waals surface area contributed by atoms with E-state index in [2.05, 4.69) is 10.6 Å². The van der Waals surface area contributed by atoms with Crippen molar-refractivity contribution in [1.82, 2.24) is 15.5 Å². The smallest absolute Gasteiger partial charge is 0.408 e. The SMILES string of the molecule is CN1CC(NC(=O)OC(C)(C)C)[C@@H](NC(=O)OCc2ccccc2)CC1=O. The lowest BCUT2D eigenvalue weighted by molar-refractivity contribution is -0.133. The summed E-state index contributed by atoms with van der Waals surface area (Å²) in [5, 5.41) is 5.41. The van der Waals surface area contributed by atoms with Gasteiger partial charge in [-0.3, -0.25) is 4.79 Å². The van der Waals surface area contributed by atoms with Crippen LogP contribution in [0.2, 0.25) is 0 Å². The van der Waals surface area contributed by atoms with Crippen LogP contribution in [-0.2, 0) is 20.9 Å². The van der Waals surface area contributed by atoms with E-state index in [1.54, 1.807) is 27.8 Å². The molecule has 1 aromatic carbocycles. The number of rotatable bonds is 4. The lowest BCUT2D eigenvalue weighted by Gasteiger charge is -2.37. The highest BCUT2D eigenvalue weighted by atomic mass is 16.6. The molecule has 0 aliphatic carbocycles. The summed E-state index contributed by atoms with van der Waals surface area (Å²) < 4.78 is 10.5. The predicted molar refractivity (Wildman–Crippen MR) is 99.0 cm³/mol. The number of hydrogen-bond donors (Lipinski definition) is 2. The molecule has 0 aromatic heterocycles. The predicted octanol–water partition coefficient (Wildman–Crippen LogP) is 2.04. The van der Waals surface area contributed by atoms with Crippen molar-refractivity contribution in [2.45, 2.75) is 51.5 Å². The van der Waals surface area contributed by atoms with Gasteiger partial charge >= 0.3 is 12.2 Å². The lowest BCUT2D eigenvalue weighted by Crippen LogP contribution is -2.61. The van der Waals surface area contributed by atoms with Gasteiger partial charge in [0, 0.05) is 20.0 Å². The summed E-state index contributed by atoms with van der Waals surface area (Å²) in [5.41, 5.74) is 0.216. The van der Waals surface area contributed by atoms with E-state index in [0.717, 1.165) is 5.56 Å². The fourth-order valence-corrected chi connectivity index (χ4v) is 2.68. The maximum absolute atomic E-state index is 12.1. The average Bonchev–Trinajstić information content (AvgIpc) is 2.57. The van der Waals surface area contributed by atoms with Gasteiger partial charge in [-0.1, -0.05) is 30.3 Å². The number of ether oxygens (including phenoxy) is 2. The molecule has 148 valence electrons. The summed E-state index contributed by atoms with van der Waals surface area (Å²) in [6.45, 7) is 5.68. The number of hydrogen-bond acceptors (Lipinski definition) is 5. The highest BCUT2D eigenvalue weighted by molar-refractivity contribution is 5.79. The molecule has 1 saturated heterocycles. The molecule has 8 heteroatoms. The van der Waals surface area contributed by atoms with Crippen LogP contribution in [0.5, 0.6) is 0 Å². The molecule has 0 saturated carbocycles. The zero-order valence-electron chi connectivity index (χ0n) is 16.2. The van der Waals surface area contributed by atoms with Crippen molar-refractivity contribution >= 4 is 18.1 Å². The van der Waals surface area contributed by atoms with Crippen LogP contribution in [0.25, 0.3) is 0 Å². The molecule has 2 rings (SSSR count). The van der Waals surface area contributed by atoms with Gasteiger partial charge in [-0.25, -0.2) is 9.59 Å². The number of carbonyl (C=O) groups excluding carboxylic acids is 3. The Morgan fingerprint density at radius 2 is 1.74 bits per heavy atom. The van der Waals surface area contributed by atoms with Gasteiger partial charge < -0.3 is 25.0 Å². The fraction of sp³-hybridized carbons (Fsp3) is 0.526. The number of alkyl carbamates (subject to hydrolysis) is 2. The van der Waals surface area contributed by atoms with Crippen molar-refractivity contribution in [3.05, 3.63) is 35.9 Å². The van der Waals surface area contributed by atoms with Crippen LogP contribution in [-0.4, -0.2) is 54.3 Å². The van der Waals surface area contributed by atoms with E-state index >= 15 is 0 Å². The van der Waals surface area contributed by atoms with Crippen LogP contribution in [0.15, 0.2) is 30.3 Å². The van der Waals surface area contributed by atoms with Gasteiger partial charge in [0.1, 0.15) is 12.2 Å². The van der Waals surface area contributed by atoms with Crippen LogP contribution in [0.3, 0.4) is 0 Å². The van der Waals surface area contributed by atoms with Crippen molar-refractivity contribution in [2.75, 3.05) is 13.6 Å². The van der Waals surface area contributed by atoms with Crippen LogP contribution in [0.4, 0.5) is 9.59 Å². The third kappa shape index (κ3) is 6.80. The van der Waals surface area contributed by atoms with E-state index in [1.807, 2.05) is 30.3 Å². The first kappa shape index (κ1) is 20.5. The number of likely N-dealkylation sites (tertiary alicyclic amines) is 1. The molecule has 1 fully saturated rings. The topological polar surface area (TPSA) is 97.0 Å². The first-order valence-corrected chi connectivity index (χ1v) is 8.85. The highest BCUT2D eigenvalue weighted by Gasteiger charge is 2.35. The molecule has 2 atom stereocenters. The Bertz CT molecular complexity index is 672. The minimum atomic E-state index is -0.641. The zero-order chi connectivity index (χ0) is 20.0. The first-order chi connectivity index (χ1) is 12.6. The number of carbonyl (C=O) groups is 3. The number of likely N-dealkylation sites (N-methyl/N-ethyl adjacent to an activating group) is 1. The third-order valence-corrected chi connectivity index (χ3v) is 3.99. The monoisotopic (exact) mass is 377 g/mol. The van der Waals surface area contributed by atoms with Crippen LogP contribution in [0, 0.1) is 0 Å². The third-order valence-electron chi connectivity index (χ3n) is 3.99. The summed E-state index contributed by atoms with van der Waals surface area (Å²) in [6.07, 6.45) is -1.17. The molecule has 1 aliphatic heterocycles. The largest absolute Gasteiger partial charge is 0.445 e. The molecule has 0 spiro atoms. The van der Waals surface area contributed by atoms with Gasteiger partial charge in [0.05, 0.1) is 12.1 Å². The van der Waals surface area contributed by atoms with E-state index < -0.39 is 29.9 Å². The fourth-order valence-electron chi connectivity index (χ4n) is 2.68. The van der Waals surface area contributed by atoms with Crippen molar-refractivity contribution in [3.8, 4) is 0 Å². The Kier molecular flexibility index (Phi) is 6.65. The van der Waals surface area contributed by atoms with E-state index in [4.69, 9.17) is 9.47 Å². The molecule has 2 N–H and O–H groups in total. The normalized spacial score (nSPS) is 20.0. The van der Waals surface area contributed by atoms with Crippen LogP contribution in [0.1, 0.15) is 32.8 Å². The molecule has 0 bridgehead atoms. The second-order valence-electron chi connectivity index (χ2n) is 7.54. The summed E-state index contributed by atoms with van der Waals surface area (Å²) >= 11 is 0. The molecule has 8 nitrogen and oxygen atoms in total. The van der Waals surface area contributed by atoms with Gasteiger partial charge in [0.2, 0.25) is 5.91 Å². The van der Waals surface area contributed by atoms with Gasteiger partial charge in [-0.05, 0) is 26.3 Å². The van der Waals surface area contributed by atoms with E-state index in [9.17, 15) is 14.4 Å². The first-order valence-electron chi connectivity index (χ1n) is 8.85. The number of nitrogens with one attached hydrogen (secondary N) is 2. The Morgan fingerprint density at radius 3 is 2.37 bits per heavy atom. The minimum absolute atomic E-state index is 0.0669. The summed E-state index contributed by atoms with van der Waals surface area (Å²) in [7, 11) is 1.65. The average molecular weight is 377 g/mol. The number of nitrogens with zero attached hydrogens (tertiary/aromatic N) is 1. The van der Waals surface area contributed by atoms with Crippen LogP contribution < -0.4 is 10.6 Å². The van der Waals surface area contributed by atoms with Crippen molar-refractivity contribution in [2.24, 2.45) is 0 Å². The van der Waals surface area contributed by atoms with Crippen molar-refractivity contribution < 1.29 is 23.9 Å². The minimum Gasteiger partial charge on any atom is -0.445 e. The molecule has 1 unspecified atom stereocenters. The van der Waals surface area contributed by atoms with Gasteiger partial charge in [-0.15, -0.1) is 0 Å². The summed E-state index contributed by atoms with van der Waals surface area (Å²) in [5.74, 6) is -0.120. The Morgan fingerprint density at radius 1 is 1.11 bits per heavy atom. The van der Waals surface area contributed by atoms with E-state index in [1.165, 1.54) is 4.90 Å². The molecule has 1 aliphatic rings. The zero-order valence-corrected chi connectivity index (χ0v) is 16.2. The maximum atomic E-state index is 12.1. The second kappa shape index (κ2) is 8.75. The quantitative estimate of drug-likeness (QED) is 0.837. The molecule has 27 heavy (non-hydrogen) atoms.